The third kappa shape index (κ3) is 2.31. The lowest BCUT2D eigenvalue weighted by Gasteiger charge is -2.27. The van der Waals surface area contributed by atoms with Crippen molar-refractivity contribution in [2.45, 2.75) is 0 Å². The van der Waals surface area contributed by atoms with Crippen LogP contribution in [0.1, 0.15) is 5.56 Å². The minimum atomic E-state index is -2.86. The molecule has 0 atom stereocenters. The van der Waals surface area contributed by atoms with Gasteiger partial charge < -0.3 is 4.90 Å². The van der Waals surface area contributed by atoms with Gasteiger partial charge in [-0.1, -0.05) is 0 Å². The van der Waals surface area contributed by atoms with Crippen LogP contribution in [-0.2, 0) is 9.84 Å². The Hall–Kier alpha value is -1.61. The predicted octanol–water partition coefficient (Wildman–Crippen LogP) is 0.188. The SMILES string of the molecule is N#Cc1ccc(N2CCS(=O)(=O)CC2)nc1. The lowest BCUT2D eigenvalue weighted by Crippen LogP contribution is -2.40. The van der Waals surface area contributed by atoms with Gasteiger partial charge in [-0.3, -0.25) is 0 Å². The van der Waals surface area contributed by atoms with E-state index in [0.717, 1.165) is 5.82 Å². The fourth-order valence-electron chi connectivity index (χ4n) is 1.58. The smallest absolute Gasteiger partial charge is 0.153 e. The van der Waals surface area contributed by atoms with Gasteiger partial charge in [0.05, 0.1) is 17.1 Å². The first-order valence-electron chi connectivity index (χ1n) is 4.92. The topological polar surface area (TPSA) is 74.1 Å². The maximum Gasteiger partial charge on any atom is 0.153 e. The molecule has 1 aliphatic rings. The molecule has 1 aromatic rings. The van der Waals surface area contributed by atoms with Gasteiger partial charge in [0, 0.05) is 19.3 Å². The molecule has 0 unspecified atom stereocenters. The molecule has 2 heterocycles. The molecule has 16 heavy (non-hydrogen) atoms. The Morgan fingerprint density at radius 3 is 2.50 bits per heavy atom. The van der Waals surface area contributed by atoms with Crippen LogP contribution in [0.3, 0.4) is 0 Å². The highest BCUT2D eigenvalue weighted by Crippen LogP contribution is 2.14. The lowest BCUT2D eigenvalue weighted by molar-refractivity contribution is 0.586. The summed E-state index contributed by atoms with van der Waals surface area (Å²) in [6, 6.07) is 5.43. The molecule has 0 bridgehead atoms. The van der Waals surface area contributed by atoms with E-state index in [1.807, 2.05) is 11.0 Å². The predicted molar refractivity (Wildman–Crippen MR) is 59.8 cm³/mol. The summed E-state index contributed by atoms with van der Waals surface area (Å²) in [6.45, 7) is 0.947. The zero-order valence-electron chi connectivity index (χ0n) is 8.63. The second-order valence-electron chi connectivity index (χ2n) is 3.66. The summed E-state index contributed by atoms with van der Waals surface area (Å²) in [4.78, 5) is 6.05. The zero-order chi connectivity index (χ0) is 11.6. The number of nitrogens with zero attached hydrogens (tertiary/aromatic N) is 3. The second-order valence-corrected chi connectivity index (χ2v) is 5.96. The summed E-state index contributed by atoms with van der Waals surface area (Å²) in [7, 11) is -2.86. The summed E-state index contributed by atoms with van der Waals surface area (Å²) in [5, 5.41) is 8.62. The summed E-state index contributed by atoms with van der Waals surface area (Å²) in [5.41, 5.74) is 0.508. The van der Waals surface area contributed by atoms with Crippen LogP contribution in [-0.4, -0.2) is 38.0 Å². The molecule has 2 rings (SSSR count). The molecule has 0 N–H and O–H groups in total. The van der Waals surface area contributed by atoms with E-state index in [1.165, 1.54) is 6.20 Å². The Bertz CT molecular complexity index is 502. The molecule has 1 fully saturated rings. The van der Waals surface area contributed by atoms with Crippen molar-refractivity contribution in [2.24, 2.45) is 0 Å². The molecule has 0 spiro atoms. The van der Waals surface area contributed by atoms with E-state index >= 15 is 0 Å². The molecule has 0 saturated carbocycles. The maximum absolute atomic E-state index is 11.2. The van der Waals surface area contributed by atoms with Gasteiger partial charge in [-0.2, -0.15) is 5.26 Å². The molecular weight excluding hydrogens is 226 g/mol. The molecule has 0 aliphatic carbocycles. The first-order valence-corrected chi connectivity index (χ1v) is 6.74. The van der Waals surface area contributed by atoms with Gasteiger partial charge in [-0.25, -0.2) is 13.4 Å². The van der Waals surface area contributed by atoms with Crippen molar-refractivity contribution < 1.29 is 8.42 Å². The third-order valence-electron chi connectivity index (χ3n) is 2.55. The fourth-order valence-corrected chi connectivity index (χ4v) is 2.78. The van der Waals surface area contributed by atoms with Gasteiger partial charge in [0.1, 0.15) is 11.9 Å². The van der Waals surface area contributed by atoms with E-state index in [4.69, 9.17) is 5.26 Å². The van der Waals surface area contributed by atoms with Gasteiger partial charge in [0.25, 0.3) is 0 Å². The van der Waals surface area contributed by atoms with Crippen LogP contribution < -0.4 is 4.90 Å². The molecular formula is C10H11N3O2S. The van der Waals surface area contributed by atoms with Crippen molar-refractivity contribution in [1.29, 1.82) is 5.26 Å². The number of pyridine rings is 1. The van der Waals surface area contributed by atoms with Gasteiger partial charge in [-0.15, -0.1) is 0 Å². The normalized spacial score (nSPS) is 19.1. The molecule has 0 aromatic carbocycles. The van der Waals surface area contributed by atoms with Crippen molar-refractivity contribution in [2.75, 3.05) is 29.5 Å². The Balaban J connectivity index is 2.12. The Morgan fingerprint density at radius 2 is 2.00 bits per heavy atom. The monoisotopic (exact) mass is 237 g/mol. The quantitative estimate of drug-likeness (QED) is 0.697. The number of anilines is 1. The van der Waals surface area contributed by atoms with E-state index in [0.29, 0.717) is 18.7 Å². The first kappa shape index (κ1) is 10.9. The van der Waals surface area contributed by atoms with Crippen LogP contribution in [0.2, 0.25) is 0 Å². The van der Waals surface area contributed by atoms with E-state index < -0.39 is 9.84 Å². The number of aromatic nitrogens is 1. The molecule has 0 amide bonds. The van der Waals surface area contributed by atoms with E-state index in [1.54, 1.807) is 12.1 Å². The van der Waals surface area contributed by atoms with Crippen molar-refractivity contribution in [3.8, 4) is 6.07 Å². The van der Waals surface area contributed by atoms with Crippen LogP contribution in [0.4, 0.5) is 5.82 Å². The van der Waals surface area contributed by atoms with Gasteiger partial charge in [0.2, 0.25) is 0 Å². The van der Waals surface area contributed by atoms with Crippen LogP contribution in [0, 0.1) is 11.3 Å². The highest BCUT2D eigenvalue weighted by atomic mass is 32.2. The average molecular weight is 237 g/mol. The van der Waals surface area contributed by atoms with E-state index in [9.17, 15) is 8.42 Å². The Morgan fingerprint density at radius 1 is 1.31 bits per heavy atom. The van der Waals surface area contributed by atoms with Crippen molar-refractivity contribution in [3.05, 3.63) is 23.9 Å². The standard InChI is InChI=1S/C10H11N3O2S/c11-7-9-1-2-10(12-8-9)13-3-5-16(14,15)6-4-13/h1-2,8H,3-6H2. The summed E-state index contributed by atoms with van der Waals surface area (Å²) >= 11 is 0. The molecule has 1 saturated heterocycles. The largest absolute Gasteiger partial charge is 0.355 e. The molecule has 1 aliphatic heterocycles. The summed E-state index contributed by atoms with van der Waals surface area (Å²) in [6.07, 6.45) is 1.50. The van der Waals surface area contributed by atoms with Gasteiger partial charge >= 0.3 is 0 Å². The number of nitriles is 1. The number of hydrogen-bond acceptors (Lipinski definition) is 5. The highest BCUT2D eigenvalue weighted by Gasteiger charge is 2.22. The molecule has 1 aromatic heterocycles. The van der Waals surface area contributed by atoms with Gasteiger partial charge in [-0.05, 0) is 12.1 Å². The minimum absolute atomic E-state index is 0.175. The third-order valence-corrected chi connectivity index (χ3v) is 4.15. The first-order chi connectivity index (χ1) is 7.61. The van der Waals surface area contributed by atoms with Crippen molar-refractivity contribution in [3.63, 3.8) is 0 Å². The number of sulfone groups is 1. The van der Waals surface area contributed by atoms with Crippen LogP contribution >= 0.6 is 0 Å². The maximum atomic E-state index is 11.2. The molecule has 5 nitrogen and oxygen atoms in total. The van der Waals surface area contributed by atoms with E-state index in [2.05, 4.69) is 4.98 Å². The second kappa shape index (κ2) is 4.10. The minimum Gasteiger partial charge on any atom is -0.355 e. The summed E-state index contributed by atoms with van der Waals surface area (Å²) in [5.74, 6) is 1.08. The van der Waals surface area contributed by atoms with Crippen molar-refractivity contribution >= 4 is 15.7 Å². The summed E-state index contributed by atoms with van der Waals surface area (Å²) < 4.78 is 22.5. The number of rotatable bonds is 1. The Labute approximate surface area is 94.2 Å². The zero-order valence-corrected chi connectivity index (χ0v) is 9.44. The number of hydrogen-bond donors (Lipinski definition) is 0. The molecule has 6 heteroatoms. The average Bonchev–Trinajstić information content (AvgIpc) is 2.29. The lowest BCUT2D eigenvalue weighted by atomic mass is 10.3. The highest BCUT2D eigenvalue weighted by molar-refractivity contribution is 7.91. The Kier molecular flexibility index (Phi) is 2.79. The van der Waals surface area contributed by atoms with Gasteiger partial charge in [0.15, 0.2) is 9.84 Å². The molecule has 84 valence electrons. The van der Waals surface area contributed by atoms with Crippen LogP contribution in [0.15, 0.2) is 18.3 Å². The molecule has 0 radical (unpaired) electrons. The van der Waals surface area contributed by atoms with E-state index in [-0.39, 0.29) is 11.5 Å². The fraction of sp³-hybridized carbons (Fsp3) is 0.400. The van der Waals surface area contributed by atoms with Crippen molar-refractivity contribution in [1.82, 2.24) is 4.98 Å². The van der Waals surface area contributed by atoms with Crippen LogP contribution in [0.25, 0.3) is 0 Å². The van der Waals surface area contributed by atoms with Crippen LogP contribution in [0.5, 0.6) is 0 Å².